The van der Waals surface area contributed by atoms with Crippen molar-refractivity contribution in [2.45, 2.75) is 63.3 Å². The van der Waals surface area contributed by atoms with E-state index in [1.54, 1.807) is 13.0 Å². The number of benzene rings is 1. The van der Waals surface area contributed by atoms with E-state index < -0.39 is 54.6 Å². The lowest BCUT2D eigenvalue weighted by molar-refractivity contribution is -0.164. The SMILES string of the molecule is CNC(=O)C1(NC(=O)C(=O)c2c(C)c(C(Nc3cccc(C(F)F)c3)OC)n3c2CCC3)CC(F)(F)C1. The van der Waals surface area contributed by atoms with Crippen LogP contribution in [0.2, 0.25) is 0 Å². The molecule has 0 bridgehead atoms. The van der Waals surface area contributed by atoms with Crippen molar-refractivity contribution in [1.82, 2.24) is 15.2 Å². The van der Waals surface area contributed by atoms with E-state index in [1.807, 2.05) is 4.57 Å². The van der Waals surface area contributed by atoms with Crippen molar-refractivity contribution in [3.8, 4) is 0 Å². The molecule has 3 N–H and O–H groups in total. The van der Waals surface area contributed by atoms with Crippen LogP contribution in [0.15, 0.2) is 24.3 Å². The Labute approximate surface area is 210 Å². The Morgan fingerprint density at radius 3 is 2.46 bits per heavy atom. The first-order valence-electron chi connectivity index (χ1n) is 11.8. The number of halogens is 4. The molecule has 2 amide bonds. The molecule has 0 saturated heterocycles. The Morgan fingerprint density at radius 1 is 1.16 bits per heavy atom. The third-order valence-corrected chi connectivity index (χ3v) is 6.95. The molecular formula is C25H28F4N4O4. The standard InChI is InChI=1S/C25H28F4N4O4/c1-13-17(19(34)21(35)32-24(23(36)30-2)11-25(28,29)12-24)16-8-5-9-33(16)18(13)22(37-3)31-15-7-4-6-14(10-15)20(26)27/h4,6-7,10,20,22,31H,5,8-9,11-12H2,1-3H3,(H,30,36)(H,32,35). The lowest BCUT2D eigenvalue weighted by Crippen LogP contribution is -2.69. The highest BCUT2D eigenvalue weighted by molar-refractivity contribution is 6.44. The number of carbonyl (C=O) groups is 3. The summed E-state index contributed by atoms with van der Waals surface area (Å²) in [6.07, 6.45) is -4.11. The van der Waals surface area contributed by atoms with Gasteiger partial charge in [-0.15, -0.1) is 0 Å². The van der Waals surface area contributed by atoms with Gasteiger partial charge in [-0.1, -0.05) is 12.1 Å². The molecule has 1 saturated carbocycles. The van der Waals surface area contributed by atoms with E-state index >= 15 is 0 Å². The van der Waals surface area contributed by atoms with Crippen molar-refractivity contribution in [2.75, 3.05) is 19.5 Å². The van der Waals surface area contributed by atoms with Gasteiger partial charge in [-0.2, -0.15) is 0 Å². The number of hydrogen-bond acceptors (Lipinski definition) is 5. The normalized spacial score (nSPS) is 18.1. The van der Waals surface area contributed by atoms with Gasteiger partial charge in [-0.05, 0) is 37.5 Å². The summed E-state index contributed by atoms with van der Waals surface area (Å²) in [5, 5.41) is 7.58. The summed E-state index contributed by atoms with van der Waals surface area (Å²) in [6, 6.07) is 5.69. The lowest BCUT2D eigenvalue weighted by Gasteiger charge is -2.45. The molecule has 1 aliphatic carbocycles. The van der Waals surface area contributed by atoms with Crippen molar-refractivity contribution in [3.05, 3.63) is 52.3 Å². The molecule has 0 radical (unpaired) electrons. The minimum Gasteiger partial charge on any atom is -0.357 e. The van der Waals surface area contributed by atoms with Crippen LogP contribution in [0, 0.1) is 6.92 Å². The van der Waals surface area contributed by atoms with Crippen LogP contribution >= 0.6 is 0 Å². The average Bonchev–Trinajstić information content (AvgIpc) is 3.40. The fourth-order valence-corrected chi connectivity index (χ4v) is 5.31. The quantitative estimate of drug-likeness (QED) is 0.201. The molecule has 1 unspecified atom stereocenters. The van der Waals surface area contributed by atoms with Crippen molar-refractivity contribution in [3.63, 3.8) is 0 Å². The second kappa shape index (κ2) is 9.81. The van der Waals surface area contributed by atoms with Gasteiger partial charge in [-0.25, -0.2) is 17.6 Å². The molecule has 1 aromatic carbocycles. The maximum Gasteiger partial charge on any atom is 0.293 e. The van der Waals surface area contributed by atoms with Crippen LogP contribution in [0.25, 0.3) is 0 Å². The van der Waals surface area contributed by atoms with Gasteiger partial charge in [0.25, 0.3) is 24.0 Å². The molecule has 1 aromatic heterocycles. The molecule has 12 heteroatoms. The van der Waals surface area contributed by atoms with Crippen molar-refractivity contribution in [1.29, 1.82) is 0 Å². The number of rotatable bonds is 9. The zero-order chi connectivity index (χ0) is 27.1. The third kappa shape index (κ3) is 4.81. The van der Waals surface area contributed by atoms with Gasteiger partial charge >= 0.3 is 0 Å². The first-order chi connectivity index (χ1) is 17.4. The van der Waals surface area contributed by atoms with Crippen molar-refractivity contribution >= 4 is 23.3 Å². The Balaban J connectivity index is 1.64. The molecule has 200 valence electrons. The second-order valence-electron chi connectivity index (χ2n) is 9.43. The number of nitrogens with zero attached hydrogens (tertiary/aromatic N) is 1. The molecule has 1 atom stereocenters. The van der Waals surface area contributed by atoms with Crippen LogP contribution in [-0.2, 0) is 27.3 Å². The average molecular weight is 525 g/mol. The molecule has 1 aliphatic heterocycles. The summed E-state index contributed by atoms with van der Waals surface area (Å²) in [6.45, 7) is 2.17. The maximum absolute atomic E-state index is 13.6. The van der Waals surface area contributed by atoms with Crippen LogP contribution in [0.5, 0.6) is 0 Å². The van der Waals surface area contributed by atoms with E-state index in [2.05, 4.69) is 16.0 Å². The predicted molar refractivity (Wildman–Crippen MR) is 126 cm³/mol. The van der Waals surface area contributed by atoms with Gasteiger partial charge in [0, 0.05) is 50.5 Å². The number of carbonyl (C=O) groups excluding carboxylic acids is 3. The fourth-order valence-electron chi connectivity index (χ4n) is 5.31. The number of hydrogen-bond donors (Lipinski definition) is 3. The molecule has 8 nitrogen and oxygen atoms in total. The highest BCUT2D eigenvalue weighted by Crippen LogP contribution is 2.46. The van der Waals surface area contributed by atoms with Crippen LogP contribution in [0.1, 0.15) is 64.8 Å². The molecule has 1 fully saturated rings. The summed E-state index contributed by atoms with van der Waals surface area (Å²) in [4.78, 5) is 38.6. The minimum atomic E-state index is -3.12. The fraction of sp³-hybridized carbons (Fsp3) is 0.480. The number of nitrogens with one attached hydrogen (secondary N) is 3. The number of likely N-dealkylation sites (N-methyl/N-ethyl adjacent to an activating group) is 1. The molecule has 2 aliphatic rings. The molecule has 0 spiro atoms. The molecule has 2 heterocycles. The van der Waals surface area contributed by atoms with Gasteiger partial charge in [-0.3, -0.25) is 14.4 Å². The zero-order valence-corrected chi connectivity index (χ0v) is 20.6. The number of amides is 2. The highest BCUT2D eigenvalue weighted by atomic mass is 19.3. The first-order valence-corrected chi connectivity index (χ1v) is 11.8. The highest BCUT2D eigenvalue weighted by Gasteiger charge is 2.62. The van der Waals surface area contributed by atoms with E-state index in [9.17, 15) is 31.9 Å². The summed E-state index contributed by atoms with van der Waals surface area (Å²) >= 11 is 0. The number of ether oxygens (including phenoxy) is 1. The Bertz CT molecular complexity index is 1240. The van der Waals surface area contributed by atoms with E-state index in [0.29, 0.717) is 42.0 Å². The number of methoxy groups -OCH3 is 1. The van der Waals surface area contributed by atoms with E-state index in [-0.39, 0.29) is 11.1 Å². The van der Waals surface area contributed by atoms with Crippen molar-refractivity contribution in [2.24, 2.45) is 0 Å². The van der Waals surface area contributed by atoms with Gasteiger partial charge in [0.2, 0.25) is 5.91 Å². The zero-order valence-electron chi connectivity index (χ0n) is 20.6. The maximum atomic E-state index is 13.6. The molecule has 2 aromatic rings. The lowest BCUT2D eigenvalue weighted by atomic mass is 9.72. The van der Waals surface area contributed by atoms with Gasteiger partial charge in [0.1, 0.15) is 5.54 Å². The predicted octanol–water partition coefficient (Wildman–Crippen LogP) is 3.65. The Hall–Kier alpha value is -3.41. The number of aromatic nitrogens is 1. The monoisotopic (exact) mass is 524 g/mol. The van der Waals surface area contributed by atoms with Crippen LogP contribution in [0.4, 0.5) is 23.2 Å². The smallest absolute Gasteiger partial charge is 0.293 e. The summed E-state index contributed by atoms with van der Waals surface area (Å²) in [5.41, 5.74) is 0.0329. The number of ketones is 1. The summed E-state index contributed by atoms with van der Waals surface area (Å²) in [7, 11) is 2.68. The third-order valence-electron chi connectivity index (χ3n) is 6.95. The summed E-state index contributed by atoms with van der Waals surface area (Å²) < 4.78 is 61.1. The van der Waals surface area contributed by atoms with Crippen LogP contribution in [0.3, 0.4) is 0 Å². The number of alkyl halides is 4. The van der Waals surface area contributed by atoms with Gasteiger partial charge in [0.15, 0.2) is 6.23 Å². The summed E-state index contributed by atoms with van der Waals surface area (Å²) in [5.74, 6) is -6.01. The number of anilines is 1. The first kappa shape index (κ1) is 26.6. The number of fused-ring (bicyclic) bond motifs is 1. The van der Waals surface area contributed by atoms with Crippen LogP contribution in [-0.4, -0.2) is 47.8 Å². The topological polar surface area (TPSA) is 101 Å². The minimum absolute atomic E-state index is 0.119. The van der Waals surface area contributed by atoms with Gasteiger partial charge < -0.3 is 25.3 Å². The Kier molecular flexibility index (Phi) is 7.06. The van der Waals surface area contributed by atoms with Crippen LogP contribution < -0.4 is 16.0 Å². The van der Waals surface area contributed by atoms with E-state index in [0.717, 1.165) is 0 Å². The van der Waals surface area contributed by atoms with E-state index in [1.165, 1.54) is 32.4 Å². The number of Topliss-reactive ketones (excluding diaryl/α,β-unsaturated/α-hetero) is 1. The van der Waals surface area contributed by atoms with E-state index in [4.69, 9.17) is 4.74 Å². The largest absolute Gasteiger partial charge is 0.357 e. The van der Waals surface area contributed by atoms with Crippen molar-refractivity contribution < 1.29 is 36.7 Å². The Morgan fingerprint density at radius 2 is 1.86 bits per heavy atom. The molecule has 37 heavy (non-hydrogen) atoms. The van der Waals surface area contributed by atoms with Gasteiger partial charge in [0.05, 0.1) is 11.3 Å². The molecular weight excluding hydrogens is 496 g/mol. The molecule has 4 rings (SSSR count). The second-order valence-corrected chi connectivity index (χ2v) is 9.43.